The molecule has 2 aromatic rings. The van der Waals surface area contributed by atoms with E-state index in [4.69, 9.17) is 10.00 Å². The Balaban J connectivity index is 1.88. The van der Waals surface area contributed by atoms with Crippen molar-refractivity contribution in [2.24, 2.45) is 0 Å². The summed E-state index contributed by atoms with van der Waals surface area (Å²) in [6, 6.07) is 16.4. The summed E-state index contributed by atoms with van der Waals surface area (Å²) in [6.45, 7) is 4.45. The maximum Gasteiger partial charge on any atom is 0.123 e. The van der Waals surface area contributed by atoms with E-state index in [1.165, 1.54) is 11.1 Å². The molecule has 2 aromatic carbocycles. The minimum Gasteiger partial charge on any atom is -0.487 e. The zero-order chi connectivity index (χ0) is 16.3. The molecule has 3 rings (SSSR count). The van der Waals surface area contributed by atoms with Crippen molar-refractivity contribution in [2.45, 2.75) is 51.6 Å². The van der Waals surface area contributed by atoms with Crippen molar-refractivity contribution in [2.75, 3.05) is 0 Å². The van der Waals surface area contributed by atoms with Gasteiger partial charge in [-0.2, -0.15) is 5.26 Å². The zero-order valence-electron chi connectivity index (χ0n) is 13.9. The van der Waals surface area contributed by atoms with Crippen LogP contribution < -0.4 is 4.74 Å². The first-order valence-corrected chi connectivity index (χ1v) is 8.52. The van der Waals surface area contributed by atoms with E-state index in [-0.39, 0.29) is 5.60 Å². The third-order valence-electron chi connectivity index (χ3n) is 4.93. The van der Waals surface area contributed by atoms with Gasteiger partial charge in [0, 0.05) is 0 Å². The Morgan fingerprint density at radius 2 is 1.83 bits per heavy atom. The second kappa shape index (κ2) is 6.46. The molecule has 1 unspecified atom stereocenters. The first-order valence-electron chi connectivity index (χ1n) is 8.52. The third kappa shape index (κ3) is 3.10. The van der Waals surface area contributed by atoms with Crippen molar-refractivity contribution in [3.63, 3.8) is 0 Å². The molecule has 0 saturated carbocycles. The van der Waals surface area contributed by atoms with Gasteiger partial charge in [-0.25, -0.2) is 0 Å². The lowest BCUT2D eigenvalue weighted by molar-refractivity contribution is 0.0329. The molecular formula is C21H23NO. The predicted molar refractivity (Wildman–Crippen MR) is 93.5 cm³/mol. The highest BCUT2D eigenvalue weighted by molar-refractivity contribution is 5.66. The van der Waals surface area contributed by atoms with E-state index in [0.717, 1.165) is 43.4 Å². The van der Waals surface area contributed by atoms with Crippen LogP contribution in [0.25, 0.3) is 11.1 Å². The summed E-state index contributed by atoms with van der Waals surface area (Å²) in [4.78, 5) is 0. The Morgan fingerprint density at radius 3 is 2.48 bits per heavy atom. The molecule has 0 saturated heterocycles. The lowest BCUT2D eigenvalue weighted by atomic mass is 9.84. The Kier molecular flexibility index (Phi) is 4.39. The summed E-state index contributed by atoms with van der Waals surface area (Å²) >= 11 is 0. The van der Waals surface area contributed by atoms with E-state index in [0.29, 0.717) is 5.56 Å². The van der Waals surface area contributed by atoms with Crippen LogP contribution in [0.1, 0.15) is 50.7 Å². The molecule has 118 valence electrons. The topological polar surface area (TPSA) is 33.0 Å². The van der Waals surface area contributed by atoms with Crippen molar-refractivity contribution in [1.82, 2.24) is 0 Å². The predicted octanol–water partition coefficient (Wildman–Crippen LogP) is 5.50. The molecule has 0 amide bonds. The van der Waals surface area contributed by atoms with Crippen LogP contribution in [0.3, 0.4) is 0 Å². The quantitative estimate of drug-likeness (QED) is 0.747. The van der Waals surface area contributed by atoms with Crippen LogP contribution in [0.2, 0.25) is 0 Å². The van der Waals surface area contributed by atoms with Gasteiger partial charge < -0.3 is 4.74 Å². The van der Waals surface area contributed by atoms with Crippen LogP contribution in [-0.2, 0) is 6.42 Å². The Hall–Kier alpha value is -2.27. The number of aryl methyl sites for hydroxylation is 1. The van der Waals surface area contributed by atoms with Gasteiger partial charge in [0.2, 0.25) is 0 Å². The smallest absolute Gasteiger partial charge is 0.123 e. The molecule has 0 aromatic heterocycles. The Morgan fingerprint density at radius 1 is 1.09 bits per heavy atom. The number of nitriles is 1. The molecule has 2 heteroatoms. The summed E-state index contributed by atoms with van der Waals surface area (Å²) < 4.78 is 6.39. The van der Waals surface area contributed by atoms with Gasteiger partial charge in [-0.1, -0.05) is 38.5 Å². The summed E-state index contributed by atoms with van der Waals surface area (Å²) in [5.74, 6) is 1.05. The van der Waals surface area contributed by atoms with E-state index in [1.807, 2.05) is 24.3 Å². The number of hydrogen-bond donors (Lipinski definition) is 0. The molecule has 23 heavy (non-hydrogen) atoms. The van der Waals surface area contributed by atoms with Crippen molar-refractivity contribution >= 4 is 0 Å². The van der Waals surface area contributed by atoms with Crippen LogP contribution in [0.5, 0.6) is 5.75 Å². The van der Waals surface area contributed by atoms with Crippen LogP contribution in [0.15, 0.2) is 42.5 Å². The van der Waals surface area contributed by atoms with Gasteiger partial charge in [0.15, 0.2) is 0 Å². The summed E-state index contributed by atoms with van der Waals surface area (Å²) in [5.41, 5.74) is 4.36. The molecular weight excluding hydrogens is 282 g/mol. The maximum atomic E-state index is 8.91. The normalized spacial score (nSPS) is 19.5. The molecule has 1 atom stereocenters. The van der Waals surface area contributed by atoms with Crippen LogP contribution in [0, 0.1) is 11.3 Å². The molecule has 0 bridgehead atoms. The molecule has 0 aliphatic carbocycles. The summed E-state index contributed by atoms with van der Waals surface area (Å²) in [7, 11) is 0. The summed E-state index contributed by atoms with van der Waals surface area (Å²) in [5, 5.41) is 8.91. The second-order valence-electron chi connectivity index (χ2n) is 6.40. The molecule has 0 spiro atoms. The lowest BCUT2D eigenvalue weighted by Crippen LogP contribution is -2.38. The third-order valence-corrected chi connectivity index (χ3v) is 4.93. The van der Waals surface area contributed by atoms with Gasteiger partial charge in [-0.05, 0) is 66.6 Å². The average Bonchev–Trinajstić information content (AvgIpc) is 2.61. The van der Waals surface area contributed by atoms with Gasteiger partial charge in [-0.15, -0.1) is 0 Å². The molecule has 1 aliphatic rings. The molecule has 1 aliphatic heterocycles. The first-order chi connectivity index (χ1) is 11.2. The van der Waals surface area contributed by atoms with Gasteiger partial charge in [0.25, 0.3) is 0 Å². The fraction of sp³-hybridized carbons (Fsp3) is 0.381. The number of hydrogen-bond acceptors (Lipinski definition) is 2. The van der Waals surface area contributed by atoms with Gasteiger partial charge in [0.1, 0.15) is 11.4 Å². The highest BCUT2D eigenvalue weighted by atomic mass is 16.5. The Labute approximate surface area is 138 Å². The largest absolute Gasteiger partial charge is 0.487 e. The monoisotopic (exact) mass is 305 g/mol. The van der Waals surface area contributed by atoms with Crippen molar-refractivity contribution < 1.29 is 4.74 Å². The van der Waals surface area contributed by atoms with Gasteiger partial charge in [-0.3, -0.25) is 0 Å². The van der Waals surface area contributed by atoms with Gasteiger partial charge >= 0.3 is 0 Å². The highest BCUT2D eigenvalue weighted by Crippen LogP contribution is 2.39. The lowest BCUT2D eigenvalue weighted by Gasteiger charge is -2.38. The van der Waals surface area contributed by atoms with Crippen molar-refractivity contribution in [3.8, 4) is 22.9 Å². The molecule has 2 nitrogen and oxygen atoms in total. The maximum absolute atomic E-state index is 8.91. The first kappa shape index (κ1) is 15.6. The zero-order valence-corrected chi connectivity index (χ0v) is 13.9. The SMILES string of the molecule is CCCC1(CC)CCc2cc(-c3ccc(C#N)cc3)ccc2O1. The number of benzene rings is 2. The Bertz CT molecular complexity index is 726. The summed E-state index contributed by atoms with van der Waals surface area (Å²) in [6.07, 6.45) is 5.53. The molecule has 0 N–H and O–H groups in total. The van der Waals surface area contributed by atoms with Crippen molar-refractivity contribution in [3.05, 3.63) is 53.6 Å². The van der Waals surface area contributed by atoms with Crippen LogP contribution >= 0.6 is 0 Å². The average molecular weight is 305 g/mol. The number of ether oxygens (including phenoxy) is 1. The number of fused-ring (bicyclic) bond motifs is 1. The standard InChI is InChI=1S/C21H23NO/c1-3-12-21(4-2)13-11-19-14-18(9-10-20(19)23-21)17-7-5-16(15-22)6-8-17/h5-10,14H,3-4,11-13H2,1-2H3. The molecule has 0 radical (unpaired) electrons. The van der Waals surface area contributed by atoms with Crippen molar-refractivity contribution in [1.29, 1.82) is 5.26 Å². The minimum atomic E-state index is 0.0255. The number of nitrogens with zero attached hydrogens (tertiary/aromatic N) is 1. The second-order valence-corrected chi connectivity index (χ2v) is 6.40. The van der Waals surface area contributed by atoms with E-state index >= 15 is 0 Å². The molecule has 0 fully saturated rings. The fourth-order valence-electron chi connectivity index (χ4n) is 3.50. The fourth-order valence-corrected chi connectivity index (χ4v) is 3.50. The van der Waals surface area contributed by atoms with Crippen LogP contribution in [-0.4, -0.2) is 5.60 Å². The highest BCUT2D eigenvalue weighted by Gasteiger charge is 2.33. The molecule has 1 heterocycles. The van der Waals surface area contributed by atoms with E-state index in [2.05, 4.69) is 38.1 Å². The van der Waals surface area contributed by atoms with Gasteiger partial charge in [0.05, 0.1) is 11.6 Å². The van der Waals surface area contributed by atoms with E-state index in [1.54, 1.807) is 0 Å². The van der Waals surface area contributed by atoms with Crippen LogP contribution in [0.4, 0.5) is 0 Å². The minimum absolute atomic E-state index is 0.0255. The van der Waals surface area contributed by atoms with E-state index < -0.39 is 0 Å². The number of rotatable bonds is 4. The van der Waals surface area contributed by atoms with E-state index in [9.17, 15) is 0 Å².